The molecule has 2 aromatic heterocycles. The monoisotopic (exact) mass is 598 g/mol. The number of carboxylic acids is 1. The Labute approximate surface area is 258 Å². The number of methoxy groups -OCH3 is 2. The molecule has 232 valence electrons. The number of benzene rings is 2. The molecule has 9 heteroatoms. The Morgan fingerprint density at radius 1 is 1.02 bits per heavy atom. The lowest BCUT2D eigenvalue weighted by atomic mass is 9.85. The van der Waals surface area contributed by atoms with E-state index >= 15 is 0 Å². The number of para-hydroxylation sites is 1. The van der Waals surface area contributed by atoms with Crippen LogP contribution in [-0.2, 0) is 17.8 Å². The lowest BCUT2D eigenvalue weighted by molar-refractivity contribution is -0.137. The van der Waals surface area contributed by atoms with E-state index in [-0.39, 0.29) is 18.3 Å². The number of fused-ring (bicyclic) bond motifs is 1. The molecule has 0 aliphatic heterocycles. The Hall–Kier alpha value is -4.40. The van der Waals surface area contributed by atoms with Gasteiger partial charge in [-0.1, -0.05) is 50.3 Å². The van der Waals surface area contributed by atoms with E-state index in [4.69, 9.17) is 19.6 Å². The number of carboxylic acid groups (broad SMARTS) is 1. The molecular formula is C35H42N4O5. The number of hydrogen-bond acceptors (Lipinski definition) is 6. The largest absolute Gasteiger partial charge is 0.496 e. The Morgan fingerprint density at radius 3 is 2.55 bits per heavy atom. The van der Waals surface area contributed by atoms with Gasteiger partial charge in [0, 0.05) is 35.6 Å². The second-order valence-corrected chi connectivity index (χ2v) is 11.7. The van der Waals surface area contributed by atoms with Gasteiger partial charge in [0.15, 0.2) is 0 Å². The van der Waals surface area contributed by atoms with Gasteiger partial charge in [-0.3, -0.25) is 14.9 Å². The average Bonchev–Trinajstić information content (AvgIpc) is 3.41. The average molecular weight is 599 g/mol. The van der Waals surface area contributed by atoms with Crippen molar-refractivity contribution in [3.8, 4) is 22.8 Å². The number of aliphatic carboxylic acids is 1. The summed E-state index contributed by atoms with van der Waals surface area (Å²) >= 11 is 0. The van der Waals surface area contributed by atoms with E-state index in [2.05, 4.69) is 10.3 Å². The number of hydrogen-bond donors (Lipinski definition) is 2. The van der Waals surface area contributed by atoms with Crippen molar-refractivity contribution < 1.29 is 24.2 Å². The summed E-state index contributed by atoms with van der Waals surface area (Å²) in [4.78, 5) is 34.3. The standard InChI is InChI=1S/C35H42N4O5/c1-23-19-31(44-3)27(21-30(23)43-2)33-26(17-16-24-11-5-4-6-12-24)22-36-35(37-33)38-34(42)29-20-25-13-7-8-14-28(25)39(29)18-10-9-15-32(40)41/h7-8,13-14,19-22,24H,4-6,9-12,15-18H2,1-3H3,(H,40,41)(H,36,37,38,42). The molecular weight excluding hydrogens is 556 g/mol. The highest BCUT2D eigenvalue weighted by atomic mass is 16.5. The molecule has 9 nitrogen and oxygen atoms in total. The first kappa shape index (κ1) is 31.0. The van der Waals surface area contributed by atoms with Crippen molar-refractivity contribution in [1.82, 2.24) is 14.5 Å². The molecule has 1 saturated carbocycles. The van der Waals surface area contributed by atoms with Crippen LogP contribution in [0.2, 0.25) is 0 Å². The predicted octanol–water partition coefficient (Wildman–Crippen LogP) is 7.44. The van der Waals surface area contributed by atoms with Crippen molar-refractivity contribution in [2.75, 3.05) is 19.5 Å². The zero-order valence-corrected chi connectivity index (χ0v) is 25.9. The van der Waals surface area contributed by atoms with Gasteiger partial charge in [0.25, 0.3) is 5.91 Å². The number of nitrogens with one attached hydrogen (secondary N) is 1. The fourth-order valence-electron chi connectivity index (χ4n) is 6.31. The normalized spacial score (nSPS) is 13.6. The minimum absolute atomic E-state index is 0.0949. The van der Waals surface area contributed by atoms with Crippen LogP contribution in [-0.4, -0.2) is 45.7 Å². The summed E-state index contributed by atoms with van der Waals surface area (Å²) in [7, 11) is 3.29. The number of nitrogens with zero attached hydrogens (tertiary/aromatic N) is 3. The van der Waals surface area contributed by atoms with Gasteiger partial charge in [-0.25, -0.2) is 9.97 Å². The molecule has 4 aromatic rings. The fraction of sp³-hybridized carbons (Fsp3) is 0.429. The van der Waals surface area contributed by atoms with E-state index in [1.54, 1.807) is 14.2 Å². The van der Waals surface area contributed by atoms with Gasteiger partial charge < -0.3 is 19.1 Å². The van der Waals surface area contributed by atoms with Crippen LogP contribution in [0.4, 0.5) is 5.95 Å². The summed E-state index contributed by atoms with van der Waals surface area (Å²) in [6.45, 7) is 2.50. The lowest BCUT2D eigenvalue weighted by Gasteiger charge is -2.22. The first-order chi connectivity index (χ1) is 21.4. The highest BCUT2D eigenvalue weighted by molar-refractivity contribution is 6.05. The second kappa shape index (κ2) is 14.4. The maximum absolute atomic E-state index is 13.7. The number of aromatic nitrogens is 3. The summed E-state index contributed by atoms with van der Waals surface area (Å²) in [5.41, 5.74) is 4.86. The van der Waals surface area contributed by atoms with Gasteiger partial charge >= 0.3 is 5.97 Å². The van der Waals surface area contributed by atoms with E-state index < -0.39 is 5.97 Å². The van der Waals surface area contributed by atoms with Gasteiger partial charge in [0.1, 0.15) is 17.2 Å². The summed E-state index contributed by atoms with van der Waals surface area (Å²) < 4.78 is 13.4. The molecule has 1 fully saturated rings. The molecule has 2 aromatic carbocycles. The van der Waals surface area contributed by atoms with Gasteiger partial charge in [0.05, 0.1) is 19.9 Å². The van der Waals surface area contributed by atoms with E-state index in [0.29, 0.717) is 36.7 Å². The predicted molar refractivity (Wildman–Crippen MR) is 172 cm³/mol. The van der Waals surface area contributed by atoms with E-state index in [0.717, 1.165) is 51.9 Å². The zero-order chi connectivity index (χ0) is 31.1. The van der Waals surface area contributed by atoms with Crippen molar-refractivity contribution in [2.24, 2.45) is 5.92 Å². The molecule has 0 spiro atoms. The van der Waals surface area contributed by atoms with E-state index in [1.807, 2.05) is 60.2 Å². The Morgan fingerprint density at radius 2 is 1.80 bits per heavy atom. The van der Waals surface area contributed by atoms with Crippen LogP contribution in [0.5, 0.6) is 11.5 Å². The third-order valence-electron chi connectivity index (χ3n) is 8.67. The number of carbonyl (C=O) groups excluding carboxylic acids is 1. The highest BCUT2D eigenvalue weighted by Crippen LogP contribution is 2.38. The minimum Gasteiger partial charge on any atom is -0.496 e. The summed E-state index contributed by atoms with van der Waals surface area (Å²) in [6, 6.07) is 13.5. The number of anilines is 1. The maximum Gasteiger partial charge on any atom is 0.303 e. The SMILES string of the molecule is COc1cc(-c2nc(NC(=O)c3cc4ccccc4n3CCCCC(=O)O)ncc2CCC2CCCCC2)c(OC)cc1C. The molecule has 5 rings (SSSR count). The third kappa shape index (κ3) is 7.21. The van der Waals surface area contributed by atoms with Crippen LogP contribution in [0, 0.1) is 12.8 Å². The van der Waals surface area contributed by atoms with Crippen LogP contribution >= 0.6 is 0 Å². The smallest absolute Gasteiger partial charge is 0.303 e. The first-order valence-electron chi connectivity index (χ1n) is 15.6. The molecule has 44 heavy (non-hydrogen) atoms. The lowest BCUT2D eigenvalue weighted by Crippen LogP contribution is -2.19. The van der Waals surface area contributed by atoms with Gasteiger partial charge in [0.2, 0.25) is 5.95 Å². The zero-order valence-electron chi connectivity index (χ0n) is 25.9. The van der Waals surface area contributed by atoms with Crippen LogP contribution < -0.4 is 14.8 Å². The van der Waals surface area contributed by atoms with Crippen molar-refractivity contribution in [3.05, 3.63) is 65.5 Å². The number of amides is 1. The van der Waals surface area contributed by atoms with Crippen LogP contribution in [0.15, 0.2) is 48.7 Å². The summed E-state index contributed by atoms with van der Waals surface area (Å²) in [5.74, 6) is 1.17. The molecule has 0 atom stereocenters. The van der Waals surface area contributed by atoms with Crippen molar-refractivity contribution in [1.29, 1.82) is 0 Å². The van der Waals surface area contributed by atoms with E-state index in [9.17, 15) is 9.59 Å². The minimum atomic E-state index is -0.821. The number of unbranched alkanes of at least 4 members (excludes halogenated alkanes) is 1. The maximum atomic E-state index is 13.7. The molecule has 2 N–H and O–H groups in total. The Kier molecular flexibility index (Phi) is 10.1. The van der Waals surface area contributed by atoms with Crippen LogP contribution in [0.3, 0.4) is 0 Å². The second-order valence-electron chi connectivity index (χ2n) is 11.7. The highest BCUT2D eigenvalue weighted by Gasteiger charge is 2.21. The first-order valence-corrected chi connectivity index (χ1v) is 15.6. The number of carbonyl (C=O) groups is 2. The Bertz CT molecular complexity index is 1620. The number of rotatable bonds is 13. The molecule has 1 amide bonds. The van der Waals surface area contributed by atoms with Gasteiger partial charge in [-0.15, -0.1) is 0 Å². The number of aryl methyl sites for hydroxylation is 3. The topological polar surface area (TPSA) is 116 Å². The molecule has 0 unspecified atom stereocenters. The molecule has 1 aliphatic carbocycles. The van der Waals surface area contributed by atoms with Crippen molar-refractivity contribution in [3.63, 3.8) is 0 Å². The van der Waals surface area contributed by atoms with Crippen LogP contribution in [0.25, 0.3) is 22.2 Å². The third-order valence-corrected chi connectivity index (χ3v) is 8.67. The van der Waals surface area contributed by atoms with Crippen LogP contribution in [0.1, 0.15) is 79.4 Å². The van der Waals surface area contributed by atoms with Crippen molar-refractivity contribution in [2.45, 2.75) is 77.7 Å². The summed E-state index contributed by atoms with van der Waals surface area (Å²) in [5, 5.41) is 12.9. The molecule has 0 saturated heterocycles. The fourth-order valence-corrected chi connectivity index (χ4v) is 6.31. The molecule has 1 aliphatic rings. The van der Waals surface area contributed by atoms with Gasteiger partial charge in [-0.05, 0) is 73.9 Å². The van der Waals surface area contributed by atoms with Crippen molar-refractivity contribution >= 4 is 28.7 Å². The van der Waals surface area contributed by atoms with E-state index in [1.165, 1.54) is 32.1 Å². The Balaban J connectivity index is 1.47. The molecule has 2 heterocycles. The molecule has 0 bridgehead atoms. The summed E-state index contributed by atoms with van der Waals surface area (Å²) in [6.07, 6.45) is 11.4. The quantitative estimate of drug-likeness (QED) is 0.154. The number of ether oxygens (including phenoxy) is 2. The van der Waals surface area contributed by atoms with Gasteiger partial charge in [-0.2, -0.15) is 0 Å². The molecule has 0 radical (unpaired) electrons.